The predicted molar refractivity (Wildman–Crippen MR) is 115 cm³/mol. The number of aliphatic hydroxyl groups is 1. The van der Waals surface area contributed by atoms with Crippen LogP contribution in [0.15, 0.2) is 29.5 Å². The highest BCUT2D eigenvalue weighted by molar-refractivity contribution is 5.94. The van der Waals surface area contributed by atoms with Crippen LogP contribution in [-0.4, -0.2) is 61.3 Å². The van der Waals surface area contributed by atoms with Crippen molar-refractivity contribution < 1.29 is 19.4 Å². The molecule has 0 aliphatic carbocycles. The van der Waals surface area contributed by atoms with E-state index in [1.54, 1.807) is 34.1 Å². The number of aliphatic hydroxyl groups excluding tert-OH is 1. The van der Waals surface area contributed by atoms with Gasteiger partial charge < -0.3 is 23.9 Å². The summed E-state index contributed by atoms with van der Waals surface area (Å²) in [5.74, 6) is -0.191. The third-order valence-corrected chi connectivity index (χ3v) is 5.16. The molecule has 1 atom stereocenters. The highest BCUT2D eigenvalue weighted by Crippen LogP contribution is 2.23. The number of aromatic nitrogens is 3. The topological polar surface area (TPSA) is 107 Å². The number of rotatable bonds is 6. The molecule has 9 heteroatoms. The summed E-state index contributed by atoms with van der Waals surface area (Å²) in [5.41, 5.74) is 0.460. The molecule has 9 nitrogen and oxygen atoms in total. The van der Waals surface area contributed by atoms with E-state index < -0.39 is 5.60 Å². The molecule has 1 aliphatic heterocycles. The average Bonchev–Trinajstić information content (AvgIpc) is 3.31. The minimum absolute atomic E-state index is 0.00586. The van der Waals surface area contributed by atoms with Crippen LogP contribution in [0.1, 0.15) is 49.8 Å². The van der Waals surface area contributed by atoms with Crippen molar-refractivity contribution in [1.82, 2.24) is 19.0 Å². The van der Waals surface area contributed by atoms with Gasteiger partial charge >= 0.3 is 6.09 Å². The van der Waals surface area contributed by atoms with Crippen molar-refractivity contribution in [3.8, 4) is 5.69 Å². The van der Waals surface area contributed by atoms with Crippen LogP contribution in [0.4, 0.5) is 4.79 Å². The first-order valence-corrected chi connectivity index (χ1v) is 10.5. The van der Waals surface area contributed by atoms with E-state index in [2.05, 4.69) is 4.98 Å². The Morgan fingerprint density at radius 1 is 1.29 bits per heavy atom. The Hall–Kier alpha value is -2.94. The van der Waals surface area contributed by atoms with Gasteiger partial charge in [-0.3, -0.25) is 9.59 Å². The molecular formula is C22H30N4O5. The standard InChI is InChI=1S/C22H30N4O5/c1-15-12-25(14-23-15)18-6-5-17(26(9-10-27)20(18)29)19(28)11-16-7-8-24(13-16)21(30)31-22(2,3)4/h5-6,12,14,16,27H,7-11,13H2,1-4H3/t16-/m0/s1. The smallest absolute Gasteiger partial charge is 0.410 e. The van der Waals surface area contributed by atoms with E-state index in [1.807, 2.05) is 27.7 Å². The van der Waals surface area contributed by atoms with Gasteiger partial charge in [0.25, 0.3) is 5.56 Å². The molecule has 0 saturated carbocycles. The SMILES string of the molecule is Cc1cn(-c2ccc(C(=O)C[C@@H]3CCN(C(=O)OC(C)(C)C)C3)n(CCO)c2=O)cn1. The first kappa shape index (κ1) is 22.7. The van der Waals surface area contributed by atoms with Crippen molar-refractivity contribution in [2.45, 2.75) is 52.7 Å². The lowest BCUT2D eigenvalue weighted by atomic mass is 9.99. The molecule has 0 bridgehead atoms. The largest absolute Gasteiger partial charge is 0.444 e. The summed E-state index contributed by atoms with van der Waals surface area (Å²) in [6.45, 7) is 8.01. The van der Waals surface area contributed by atoms with Crippen LogP contribution >= 0.6 is 0 Å². The minimum Gasteiger partial charge on any atom is -0.444 e. The Morgan fingerprint density at radius 2 is 2.03 bits per heavy atom. The highest BCUT2D eigenvalue weighted by Gasteiger charge is 2.31. The second-order valence-corrected chi connectivity index (χ2v) is 8.91. The molecule has 1 aliphatic rings. The maximum absolute atomic E-state index is 13.0. The van der Waals surface area contributed by atoms with Crippen molar-refractivity contribution in [3.63, 3.8) is 0 Å². The molecule has 0 aromatic carbocycles. The lowest BCUT2D eigenvalue weighted by Crippen LogP contribution is -2.35. The zero-order valence-corrected chi connectivity index (χ0v) is 18.5. The maximum atomic E-state index is 13.0. The van der Waals surface area contributed by atoms with Gasteiger partial charge in [0.15, 0.2) is 5.78 Å². The number of Topliss-reactive ketones (excluding diaryl/α,β-unsaturated/α-hetero) is 1. The van der Waals surface area contributed by atoms with Crippen molar-refractivity contribution in [2.24, 2.45) is 5.92 Å². The Morgan fingerprint density at radius 3 is 2.65 bits per heavy atom. The third-order valence-electron chi connectivity index (χ3n) is 5.16. The number of hydrogen-bond acceptors (Lipinski definition) is 6. The molecule has 1 N–H and O–H groups in total. The Balaban J connectivity index is 1.75. The number of pyridine rings is 1. The lowest BCUT2D eigenvalue weighted by Gasteiger charge is -2.24. The number of likely N-dealkylation sites (tertiary alicyclic amines) is 1. The van der Waals surface area contributed by atoms with Crippen molar-refractivity contribution in [2.75, 3.05) is 19.7 Å². The first-order chi connectivity index (χ1) is 14.6. The molecule has 2 aromatic heterocycles. The van der Waals surface area contributed by atoms with Gasteiger partial charge in [-0.1, -0.05) is 0 Å². The van der Waals surface area contributed by atoms with Crippen LogP contribution in [0.3, 0.4) is 0 Å². The Kier molecular flexibility index (Phi) is 6.64. The summed E-state index contributed by atoms with van der Waals surface area (Å²) in [5, 5.41) is 9.44. The molecule has 1 saturated heterocycles. The summed E-state index contributed by atoms with van der Waals surface area (Å²) in [4.78, 5) is 44.0. The highest BCUT2D eigenvalue weighted by atomic mass is 16.6. The fourth-order valence-electron chi connectivity index (χ4n) is 3.74. The fraction of sp³-hybridized carbons (Fsp3) is 0.545. The van der Waals surface area contributed by atoms with Crippen molar-refractivity contribution in [1.29, 1.82) is 0 Å². The summed E-state index contributed by atoms with van der Waals surface area (Å²) in [7, 11) is 0. The number of carbonyl (C=O) groups excluding carboxylic acids is 2. The Bertz CT molecular complexity index is 1020. The van der Waals surface area contributed by atoms with Gasteiger partial charge in [0, 0.05) is 32.3 Å². The van der Waals surface area contributed by atoms with Crippen LogP contribution in [-0.2, 0) is 11.3 Å². The monoisotopic (exact) mass is 430 g/mol. The number of imidazole rings is 1. The van der Waals surface area contributed by atoms with Gasteiger partial charge in [-0.2, -0.15) is 0 Å². The number of ketones is 1. The fourth-order valence-corrected chi connectivity index (χ4v) is 3.74. The minimum atomic E-state index is -0.569. The lowest BCUT2D eigenvalue weighted by molar-refractivity contribution is 0.0286. The number of amides is 1. The number of ether oxygens (including phenoxy) is 1. The van der Waals surface area contributed by atoms with E-state index in [0.29, 0.717) is 25.2 Å². The van der Waals surface area contributed by atoms with Gasteiger partial charge in [-0.15, -0.1) is 0 Å². The average molecular weight is 431 g/mol. The van der Waals surface area contributed by atoms with Crippen LogP contribution < -0.4 is 5.56 Å². The quantitative estimate of drug-likeness (QED) is 0.704. The number of aryl methyl sites for hydroxylation is 1. The van der Waals surface area contributed by atoms with E-state index in [0.717, 1.165) is 5.69 Å². The number of nitrogens with zero attached hydrogens (tertiary/aromatic N) is 4. The molecule has 1 amide bonds. The van der Waals surface area contributed by atoms with Crippen LogP contribution in [0.25, 0.3) is 5.69 Å². The van der Waals surface area contributed by atoms with Gasteiger partial charge in [-0.25, -0.2) is 9.78 Å². The molecule has 3 heterocycles. The molecule has 3 rings (SSSR count). The molecule has 0 unspecified atom stereocenters. The molecule has 1 fully saturated rings. The van der Waals surface area contributed by atoms with E-state index in [9.17, 15) is 19.5 Å². The molecule has 168 valence electrons. The van der Waals surface area contributed by atoms with Crippen LogP contribution in [0, 0.1) is 12.8 Å². The summed E-state index contributed by atoms with van der Waals surface area (Å²) < 4.78 is 8.32. The van der Waals surface area contributed by atoms with E-state index in [1.165, 1.54) is 4.57 Å². The number of carbonyl (C=O) groups is 2. The maximum Gasteiger partial charge on any atom is 0.410 e. The second-order valence-electron chi connectivity index (χ2n) is 8.91. The number of hydrogen-bond donors (Lipinski definition) is 1. The van der Waals surface area contributed by atoms with Crippen molar-refractivity contribution in [3.05, 3.63) is 46.4 Å². The predicted octanol–water partition coefficient (Wildman–Crippen LogP) is 2.16. The summed E-state index contributed by atoms with van der Waals surface area (Å²) in [6, 6.07) is 3.22. The Labute approximate surface area is 181 Å². The zero-order valence-electron chi connectivity index (χ0n) is 18.5. The normalized spacial score (nSPS) is 16.5. The van der Waals surface area contributed by atoms with Crippen molar-refractivity contribution >= 4 is 11.9 Å². The zero-order chi connectivity index (χ0) is 22.8. The van der Waals surface area contributed by atoms with Gasteiger partial charge in [0.05, 0.1) is 24.3 Å². The van der Waals surface area contributed by atoms with Crippen LogP contribution in [0.2, 0.25) is 0 Å². The third kappa shape index (κ3) is 5.41. The first-order valence-electron chi connectivity index (χ1n) is 10.5. The van der Waals surface area contributed by atoms with Gasteiger partial charge in [0.1, 0.15) is 11.3 Å². The molecule has 0 radical (unpaired) electrons. The summed E-state index contributed by atoms with van der Waals surface area (Å²) in [6.07, 6.45) is 3.81. The molecule has 2 aromatic rings. The summed E-state index contributed by atoms with van der Waals surface area (Å²) >= 11 is 0. The van der Waals surface area contributed by atoms with Crippen LogP contribution in [0.5, 0.6) is 0 Å². The molecule has 31 heavy (non-hydrogen) atoms. The van der Waals surface area contributed by atoms with Gasteiger partial charge in [-0.05, 0) is 52.2 Å². The second kappa shape index (κ2) is 9.05. The molecular weight excluding hydrogens is 400 g/mol. The van der Waals surface area contributed by atoms with Gasteiger partial charge in [0.2, 0.25) is 0 Å². The van der Waals surface area contributed by atoms with E-state index in [-0.39, 0.29) is 48.6 Å². The molecule has 0 spiro atoms. The van der Waals surface area contributed by atoms with E-state index >= 15 is 0 Å². The van der Waals surface area contributed by atoms with E-state index in [4.69, 9.17) is 4.74 Å².